The Labute approximate surface area is 181 Å². The molecule has 0 aliphatic heterocycles. The summed E-state index contributed by atoms with van der Waals surface area (Å²) < 4.78 is 51.6. The second-order valence-electron chi connectivity index (χ2n) is 5.95. The van der Waals surface area contributed by atoms with Gasteiger partial charge in [-0.1, -0.05) is 24.3 Å². The summed E-state index contributed by atoms with van der Waals surface area (Å²) in [5, 5.41) is 5.94. The SMILES string of the molecule is CCNC(=NCc1ccc(F)c(C)c1)NCCS(=O)(=O)c1ccccc1F.I. The quantitative estimate of drug-likeness (QED) is 0.332. The lowest BCUT2D eigenvalue weighted by Gasteiger charge is -2.12. The number of aliphatic imine (C=N–C) groups is 1. The second kappa shape index (κ2) is 11.3. The van der Waals surface area contributed by atoms with Crippen molar-refractivity contribution >= 4 is 39.8 Å². The molecule has 0 aromatic heterocycles. The highest BCUT2D eigenvalue weighted by molar-refractivity contribution is 14.0. The average Bonchev–Trinajstić information content (AvgIpc) is 2.62. The molecule has 0 atom stereocenters. The van der Waals surface area contributed by atoms with Crippen molar-refractivity contribution in [1.82, 2.24) is 10.6 Å². The van der Waals surface area contributed by atoms with Gasteiger partial charge >= 0.3 is 0 Å². The van der Waals surface area contributed by atoms with Crippen LogP contribution >= 0.6 is 24.0 Å². The van der Waals surface area contributed by atoms with E-state index >= 15 is 0 Å². The van der Waals surface area contributed by atoms with Gasteiger partial charge in [0, 0.05) is 13.1 Å². The molecule has 0 heterocycles. The molecule has 0 amide bonds. The molecular formula is C19H24F2IN3O2S. The standard InChI is InChI=1S/C19H23F2N3O2S.HI/c1-3-22-19(24-13-15-8-9-16(20)14(2)12-15)23-10-11-27(25,26)18-7-5-4-6-17(18)21;/h4-9,12H,3,10-11,13H2,1-2H3,(H2,22,23,24);1H. The van der Waals surface area contributed by atoms with Gasteiger partial charge in [-0.2, -0.15) is 0 Å². The molecule has 2 N–H and O–H groups in total. The number of nitrogens with zero attached hydrogens (tertiary/aromatic N) is 1. The molecule has 0 aliphatic rings. The number of guanidine groups is 1. The number of nitrogens with one attached hydrogen (secondary N) is 2. The van der Waals surface area contributed by atoms with Crippen LogP contribution in [0.2, 0.25) is 0 Å². The van der Waals surface area contributed by atoms with Crippen LogP contribution in [0.15, 0.2) is 52.4 Å². The van der Waals surface area contributed by atoms with Gasteiger partial charge in [-0.3, -0.25) is 0 Å². The van der Waals surface area contributed by atoms with Crippen molar-refractivity contribution in [3.63, 3.8) is 0 Å². The summed E-state index contributed by atoms with van der Waals surface area (Å²) >= 11 is 0. The number of benzene rings is 2. The van der Waals surface area contributed by atoms with E-state index in [2.05, 4.69) is 15.6 Å². The molecule has 0 aliphatic carbocycles. The van der Waals surface area contributed by atoms with E-state index in [1.54, 1.807) is 19.1 Å². The number of aryl methyl sites for hydroxylation is 1. The molecule has 0 bridgehead atoms. The number of rotatable bonds is 7. The molecule has 2 rings (SSSR count). The fraction of sp³-hybridized carbons (Fsp3) is 0.316. The number of hydrogen-bond acceptors (Lipinski definition) is 3. The Hall–Kier alpha value is -1.75. The number of sulfone groups is 1. The maximum atomic E-state index is 13.7. The molecule has 5 nitrogen and oxygen atoms in total. The predicted molar refractivity (Wildman–Crippen MR) is 118 cm³/mol. The zero-order valence-corrected chi connectivity index (χ0v) is 18.9. The minimum Gasteiger partial charge on any atom is -0.357 e. The van der Waals surface area contributed by atoms with E-state index < -0.39 is 15.7 Å². The number of hydrogen-bond donors (Lipinski definition) is 2. The van der Waals surface area contributed by atoms with Gasteiger partial charge in [0.25, 0.3) is 0 Å². The van der Waals surface area contributed by atoms with Crippen LogP contribution in [0.5, 0.6) is 0 Å². The highest BCUT2D eigenvalue weighted by Gasteiger charge is 2.18. The fourth-order valence-electron chi connectivity index (χ4n) is 2.43. The molecular weight excluding hydrogens is 499 g/mol. The van der Waals surface area contributed by atoms with E-state index in [1.165, 1.54) is 24.3 Å². The third-order valence-electron chi connectivity index (χ3n) is 3.82. The Balaban J connectivity index is 0.00000392. The molecule has 0 saturated carbocycles. The summed E-state index contributed by atoms with van der Waals surface area (Å²) in [5.41, 5.74) is 1.38. The largest absolute Gasteiger partial charge is 0.357 e. The van der Waals surface area contributed by atoms with Crippen molar-refractivity contribution in [3.8, 4) is 0 Å². The van der Waals surface area contributed by atoms with Gasteiger partial charge in [-0.15, -0.1) is 24.0 Å². The van der Waals surface area contributed by atoms with Gasteiger partial charge in [-0.05, 0) is 43.2 Å². The van der Waals surface area contributed by atoms with Crippen molar-refractivity contribution in [2.75, 3.05) is 18.8 Å². The summed E-state index contributed by atoms with van der Waals surface area (Å²) in [6, 6.07) is 10.1. The molecule has 0 spiro atoms. The first-order valence-corrected chi connectivity index (χ1v) is 10.2. The molecule has 0 radical (unpaired) electrons. The maximum Gasteiger partial charge on any atom is 0.191 e. The Morgan fingerprint density at radius 3 is 2.43 bits per heavy atom. The lowest BCUT2D eigenvalue weighted by atomic mass is 10.1. The van der Waals surface area contributed by atoms with Crippen LogP contribution in [0.25, 0.3) is 0 Å². The summed E-state index contributed by atoms with van der Waals surface area (Å²) in [7, 11) is -3.74. The Morgan fingerprint density at radius 2 is 1.79 bits per heavy atom. The second-order valence-corrected chi connectivity index (χ2v) is 8.03. The monoisotopic (exact) mass is 523 g/mol. The smallest absolute Gasteiger partial charge is 0.191 e. The fourth-order valence-corrected chi connectivity index (χ4v) is 3.67. The Morgan fingerprint density at radius 1 is 1.07 bits per heavy atom. The van der Waals surface area contributed by atoms with Gasteiger partial charge in [0.05, 0.1) is 12.3 Å². The minimum atomic E-state index is -3.74. The molecule has 154 valence electrons. The van der Waals surface area contributed by atoms with Crippen molar-refractivity contribution in [3.05, 3.63) is 65.2 Å². The lowest BCUT2D eigenvalue weighted by molar-refractivity contribution is 0.566. The van der Waals surface area contributed by atoms with E-state index in [0.29, 0.717) is 24.6 Å². The van der Waals surface area contributed by atoms with E-state index in [-0.39, 0.29) is 47.0 Å². The van der Waals surface area contributed by atoms with Gasteiger partial charge in [0.15, 0.2) is 15.8 Å². The molecule has 2 aromatic carbocycles. The highest BCUT2D eigenvalue weighted by Crippen LogP contribution is 2.14. The van der Waals surface area contributed by atoms with E-state index in [9.17, 15) is 17.2 Å². The predicted octanol–water partition coefficient (Wildman–Crippen LogP) is 3.42. The van der Waals surface area contributed by atoms with Crippen molar-refractivity contribution in [2.45, 2.75) is 25.3 Å². The molecule has 0 unspecified atom stereocenters. The molecule has 0 fully saturated rings. The van der Waals surface area contributed by atoms with Gasteiger partial charge < -0.3 is 10.6 Å². The van der Waals surface area contributed by atoms with Gasteiger partial charge in [0.1, 0.15) is 16.5 Å². The van der Waals surface area contributed by atoms with Crippen LogP contribution in [0.3, 0.4) is 0 Å². The van der Waals surface area contributed by atoms with E-state index in [0.717, 1.165) is 11.6 Å². The summed E-state index contributed by atoms with van der Waals surface area (Å²) in [6.45, 7) is 4.55. The molecule has 2 aromatic rings. The van der Waals surface area contributed by atoms with Gasteiger partial charge in [0.2, 0.25) is 0 Å². The Bertz CT molecular complexity index is 921. The van der Waals surface area contributed by atoms with Crippen molar-refractivity contribution < 1.29 is 17.2 Å². The Kier molecular flexibility index (Phi) is 9.80. The van der Waals surface area contributed by atoms with Crippen molar-refractivity contribution in [2.24, 2.45) is 4.99 Å². The summed E-state index contributed by atoms with van der Waals surface area (Å²) in [5.74, 6) is -0.868. The van der Waals surface area contributed by atoms with Crippen LogP contribution < -0.4 is 10.6 Å². The summed E-state index contributed by atoms with van der Waals surface area (Å²) in [4.78, 5) is 4.06. The minimum absolute atomic E-state index is 0. The van der Waals surface area contributed by atoms with Crippen LogP contribution in [-0.4, -0.2) is 33.2 Å². The van der Waals surface area contributed by atoms with Crippen LogP contribution in [-0.2, 0) is 16.4 Å². The first-order valence-electron chi connectivity index (χ1n) is 8.58. The maximum absolute atomic E-state index is 13.7. The zero-order chi connectivity index (χ0) is 19.9. The first kappa shape index (κ1) is 24.3. The lowest BCUT2D eigenvalue weighted by Crippen LogP contribution is -2.39. The van der Waals surface area contributed by atoms with Crippen molar-refractivity contribution in [1.29, 1.82) is 0 Å². The van der Waals surface area contributed by atoms with Crippen LogP contribution in [0.4, 0.5) is 8.78 Å². The number of halogens is 3. The van der Waals surface area contributed by atoms with Crippen LogP contribution in [0, 0.1) is 18.6 Å². The molecule has 9 heteroatoms. The summed E-state index contributed by atoms with van der Waals surface area (Å²) in [6.07, 6.45) is 0. The third kappa shape index (κ3) is 7.01. The zero-order valence-electron chi connectivity index (χ0n) is 15.7. The van der Waals surface area contributed by atoms with E-state index in [4.69, 9.17) is 0 Å². The van der Waals surface area contributed by atoms with Crippen LogP contribution in [0.1, 0.15) is 18.1 Å². The normalized spacial score (nSPS) is 11.6. The van der Waals surface area contributed by atoms with E-state index in [1.807, 2.05) is 6.92 Å². The molecule has 28 heavy (non-hydrogen) atoms. The highest BCUT2D eigenvalue weighted by atomic mass is 127. The first-order chi connectivity index (χ1) is 12.8. The average molecular weight is 523 g/mol. The van der Waals surface area contributed by atoms with Gasteiger partial charge in [-0.25, -0.2) is 22.2 Å². The topological polar surface area (TPSA) is 70.6 Å². The molecule has 0 saturated heterocycles. The third-order valence-corrected chi connectivity index (χ3v) is 5.56.